The van der Waals surface area contributed by atoms with Gasteiger partial charge in [-0.05, 0) is 112 Å². The Morgan fingerprint density at radius 3 is 1.61 bits per heavy atom. The Morgan fingerprint density at radius 1 is 0.578 bits per heavy atom. The van der Waals surface area contributed by atoms with E-state index >= 15 is 4.79 Å². The zero-order valence-corrected chi connectivity index (χ0v) is 52.9. The second kappa shape index (κ2) is 31.6. The van der Waals surface area contributed by atoms with Crippen molar-refractivity contribution in [2.24, 2.45) is 11.8 Å². The summed E-state index contributed by atoms with van der Waals surface area (Å²) in [6.45, 7) is 13.0. The minimum absolute atomic E-state index is 0.0135. The Hall–Kier alpha value is -6.25. The summed E-state index contributed by atoms with van der Waals surface area (Å²) in [4.78, 5) is 151. The van der Waals surface area contributed by atoms with Crippen molar-refractivity contribution in [3.8, 4) is 0 Å². The van der Waals surface area contributed by atoms with Crippen LogP contribution in [0, 0.1) is 11.8 Å². The lowest BCUT2D eigenvalue weighted by Gasteiger charge is -2.41. The number of benzene rings is 2. The van der Waals surface area contributed by atoms with Gasteiger partial charge in [-0.2, -0.15) is 0 Å². The van der Waals surface area contributed by atoms with E-state index in [1.54, 1.807) is 84.1 Å². The first kappa shape index (κ1) is 69.2. The maximum Gasteiger partial charge on any atom is 0.256 e. The molecule has 12 atom stereocenters. The Labute approximate surface area is 503 Å². The molecule has 0 radical (unpaired) electrons. The van der Waals surface area contributed by atoms with Gasteiger partial charge in [0.15, 0.2) is 4.05 Å². The summed E-state index contributed by atoms with van der Waals surface area (Å²) in [6, 6.07) is 7.63. The van der Waals surface area contributed by atoms with Gasteiger partial charge in [-0.1, -0.05) is 88.4 Å². The third kappa shape index (κ3) is 18.6. The van der Waals surface area contributed by atoms with Gasteiger partial charge in [-0.25, -0.2) is 0 Å². The molecule has 460 valence electrons. The molecule has 2 saturated heterocycles. The molecule has 0 aliphatic carbocycles. The van der Waals surface area contributed by atoms with E-state index in [1.807, 2.05) is 33.8 Å². The molecule has 6 N–H and O–H groups in total. The molecule has 0 spiro atoms. The van der Waals surface area contributed by atoms with Crippen LogP contribution in [0.2, 0.25) is 0 Å². The Kier molecular flexibility index (Phi) is 26.4. The normalized spacial score (nSPS) is 28.3. The summed E-state index contributed by atoms with van der Waals surface area (Å²) in [6.07, 6.45) is -2.33. The topological polar surface area (TPSA) is 282 Å². The quantitative estimate of drug-likeness (QED) is 0.117. The fourth-order valence-electron chi connectivity index (χ4n) is 10.4. The summed E-state index contributed by atoms with van der Waals surface area (Å²) in [5, 5.41) is 34.6. The van der Waals surface area contributed by atoms with Gasteiger partial charge in [0.25, 0.3) is 5.91 Å². The maximum absolute atomic E-state index is 15.2. The van der Waals surface area contributed by atoms with Crippen molar-refractivity contribution in [2.75, 3.05) is 55.4 Å². The molecule has 1 unspecified atom stereocenters. The van der Waals surface area contributed by atoms with Gasteiger partial charge in [-0.3, -0.25) is 52.8 Å². The number of alkyl halides is 1. The van der Waals surface area contributed by atoms with Crippen LogP contribution in [0.3, 0.4) is 0 Å². The zero-order chi connectivity index (χ0) is 62.3. The number of hydrogen-bond donors (Lipinski definition) is 6. The third-order valence-corrected chi connectivity index (χ3v) is 17.1. The lowest BCUT2D eigenvalue weighted by Crippen LogP contribution is -2.64. The first-order valence-electron chi connectivity index (χ1n) is 28.5. The Balaban J connectivity index is 1.81. The van der Waals surface area contributed by atoms with Gasteiger partial charge in [0.1, 0.15) is 42.5 Å². The molecule has 2 heterocycles. The number of carbonyl (C=O) groups excluding carboxylic acids is 10. The number of nitrogens with zero attached hydrogens (tertiary/aromatic N) is 7. The molecule has 0 bridgehead atoms. The lowest BCUT2D eigenvalue weighted by atomic mass is 9.97. The molecule has 2 fully saturated rings. The van der Waals surface area contributed by atoms with Crippen LogP contribution < -0.4 is 21.3 Å². The number of aliphatic hydroxyl groups is 2. The minimum Gasteiger partial charge on any atom is -0.391 e. The Morgan fingerprint density at radius 2 is 1.08 bits per heavy atom. The van der Waals surface area contributed by atoms with Crippen molar-refractivity contribution in [1.82, 2.24) is 55.6 Å². The largest absolute Gasteiger partial charge is 0.391 e. The van der Waals surface area contributed by atoms with E-state index in [4.69, 9.17) is 0 Å². The predicted molar refractivity (Wildman–Crippen MR) is 320 cm³/mol. The molecule has 0 aromatic heterocycles. The van der Waals surface area contributed by atoms with Crippen molar-refractivity contribution >= 4 is 81.7 Å². The highest BCUT2D eigenvalue weighted by Crippen LogP contribution is 2.26. The van der Waals surface area contributed by atoms with Crippen LogP contribution in [0.25, 0.3) is 0 Å². The van der Waals surface area contributed by atoms with Crippen LogP contribution in [0.15, 0.2) is 60.7 Å². The highest BCUT2D eigenvalue weighted by atomic mass is 127. The molecule has 2 aromatic rings. The van der Waals surface area contributed by atoms with Crippen molar-refractivity contribution in [3.63, 3.8) is 0 Å². The summed E-state index contributed by atoms with van der Waals surface area (Å²) < 4.78 is -1.20. The van der Waals surface area contributed by atoms with Gasteiger partial charge < -0.3 is 60.9 Å². The van der Waals surface area contributed by atoms with E-state index in [0.717, 1.165) is 4.90 Å². The standard InChI is InChI=1S/C59H90IN11O12/c1-34(2)28-44-56(80)70(14)50(60)59(83)65(9)38(7)54(78)67(11)43(31-40-22-17-15-18-23-40)53(77)64-49(39(8)72)58(82)69(13)46(32-41-24-19-16-20-25-41)55(79)68(12)45(29-35(3)4)57(81)71-27-21-26-42(71)52(76)62-36(5)30-47(73)63-37(6)51(75)61-33-48(74)66(44)10/h15-20,22-25,34-39,42-46,49-50,58,72,82H,21,26-33H2,1-14H3,(H,61,75)(H,62,76)(H,63,73)(H,64,77)/t36-,37-,38-,39+,42-,43-,44-,45-,46-,49-,50+,58?/m0/s1. The van der Waals surface area contributed by atoms with Crippen LogP contribution in [-0.4, -0.2) is 230 Å². The van der Waals surface area contributed by atoms with Gasteiger partial charge >= 0.3 is 0 Å². The molecule has 10 amide bonds. The molecule has 2 aliphatic rings. The highest BCUT2D eigenvalue weighted by Gasteiger charge is 2.45. The van der Waals surface area contributed by atoms with Crippen molar-refractivity contribution in [3.05, 3.63) is 71.8 Å². The van der Waals surface area contributed by atoms with E-state index in [-0.39, 0.29) is 50.5 Å². The fourth-order valence-corrected chi connectivity index (χ4v) is 11.1. The smallest absolute Gasteiger partial charge is 0.256 e. The van der Waals surface area contributed by atoms with E-state index in [1.165, 1.54) is 92.5 Å². The van der Waals surface area contributed by atoms with Crippen molar-refractivity contribution in [1.29, 1.82) is 0 Å². The Bertz CT molecular complexity index is 2580. The summed E-state index contributed by atoms with van der Waals surface area (Å²) >= 11 is 1.78. The van der Waals surface area contributed by atoms with Gasteiger partial charge in [0, 0.05) is 60.7 Å². The summed E-state index contributed by atoms with van der Waals surface area (Å²) in [7, 11) is 8.56. The number of halogens is 1. The van der Waals surface area contributed by atoms with Crippen LogP contribution in [0.1, 0.15) is 98.6 Å². The van der Waals surface area contributed by atoms with Crippen molar-refractivity contribution < 1.29 is 58.2 Å². The number of hydrogen-bond acceptors (Lipinski definition) is 13. The van der Waals surface area contributed by atoms with Crippen LogP contribution >= 0.6 is 22.6 Å². The minimum atomic E-state index is -1.76. The van der Waals surface area contributed by atoms with Crippen LogP contribution in [0.5, 0.6) is 0 Å². The lowest BCUT2D eigenvalue weighted by molar-refractivity contribution is -0.154. The van der Waals surface area contributed by atoms with Crippen LogP contribution in [0.4, 0.5) is 0 Å². The second-order valence-corrected chi connectivity index (χ2v) is 24.4. The predicted octanol–water partition coefficient (Wildman–Crippen LogP) is 1.12. The average molecular weight is 1270 g/mol. The second-order valence-electron chi connectivity index (χ2n) is 23.2. The molecular weight excluding hydrogens is 1180 g/mol. The van der Waals surface area contributed by atoms with Gasteiger partial charge in [0.05, 0.1) is 24.7 Å². The number of carbonyl (C=O) groups is 10. The number of nitrogens with one attached hydrogen (secondary N) is 4. The molecule has 23 nitrogen and oxygen atoms in total. The fraction of sp³-hybridized carbons (Fsp3) is 0.627. The molecule has 2 aromatic carbocycles. The number of fused-ring (bicyclic) bond motifs is 1. The van der Waals surface area contributed by atoms with Gasteiger partial charge in [0.2, 0.25) is 53.2 Å². The molecule has 0 saturated carbocycles. The monoisotopic (exact) mass is 1270 g/mol. The molecule has 83 heavy (non-hydrogen) atoms. The molecule has 2 aliphatic heterocycles. The first-order valence-corrected chi connectivity index (χ1v) is 29.7. The number of aliphatic hydroxyl groups excluding tert-OH is 2. The van der Waals surface area contributed by atoms with E-state index in [9.17, 15) is 53.4 Å². The summed E-state index contributed by atoms with van der Waals surface area (Å²) in [5.74, 6) is -6.42. The molecule has 24 heteroatoms. The molecular formula is C59H90IN11O12. The SMILES string of the molecule is CC(C)C[C@H]1C(=O)N(C)[C@@H](I)C(=O)N(C)[C@@H](C)C(=O)N(C)[C@@H](Cc2ccccc2)C(=O)N[C@@H]([C@@H](C)O)C(O)N(C)[C@@H](Cc2ccccc2)C(=O)N(C)[C@@H](CC(C)C)C(=O)N2CCC[C@H]2C(=O)N[C@@H](C)CC(=O)N[C@@H](C)C(=O)NCC(=O)N1C. The summed E-state index contributed by atoms with van der Waals surface area (Å²) in [5.41, 5.74) is 1.35. The average Bonchev–Trinajstić information content (AvgIpc) is 3.99. The van der Waals surface area contributed by atoms with E-state index in [0.29, 0.717) is 24.0 Å². The number of likely N-dealkylation sites (N-methyl/N-ethyl adjacent to an activating group) is 6. The highest BCUT2D eigenvalue weighted by molar-refractivity contribution is 14.1. The van der Waals surface area contributed by atoms with Gasteiger partial charge in [-0.15, -0.1) is 0 Å². The number of rotatable bonds is 9. The number of amides is 10. The van der Waals surface area contributed by atoms with E-state index in [2.05, 4.69) is 21.3 Å². The van der Waals surface area contributed by atoms with E-state index < -0.39 is 136 Å². The van der Waals surface area contributed by atoms with Crippen molar-refractivity contribution in [2.45, 2.75) is 171 Å². The first-order chi connectivity index (χ1) is 38.9. The molecule has 4 rings (SSSR count). The van der Waals surface area contributed by atoms with Crippen LogP contribution in [-0.2, 0) is 60.8 Å². The third-order valence-electron chi connectivity index (χ3n) is 15.7. The zero-order valence-electron chi connectivity index (χ0n) is 50.7. The maximum atomic E-state index is 15.2.